The van der Waals surface area contributed by atoms with Crippen LogP contribution in [0.25, 0.3) is 0 Å². The number of ether oxygens (including phenoxy) is 1. The third-order valence-electron chi connectivity index (χ3n) is 3.03. The highest BCUT2D eigenvalue weighted by molar-refractivity contribution is 5.68. The van der Waals surface area contributed by atoms with Crippen LogP contribution in [-0.2, 0) is 16.8 Å². The molecule has 0 radical (unpaired) electrons. The normalized spacial score (nSPS) is 17.8. The molecule has 0 saturated heterocycles. The van der Waals surface area contributed by atoms with Crippen molar-refractivity contribution < 1.29 is 19.7 Å². The molecule has 0 amide bonds. The Balaban J connectivity index is 2.30. The number of fused-ring (bicyclic) bond motifs is 1. The van der Waals surface area contributed by atoms with E-state index in [2.05, 4.69) is 0 Å². The van der Waals surface area contributed by atoms with Crippen LogP contribution in [-0.4, -0.2) is 22.8 Å². The first-order valence-electron chi connectivity index (χ1n) is 5.69. The first-order valence-corrected chi connectivity index (χ1v) is 5.69. The minimum absolute atomic E-state index is 0.299. The van der Waals surface area contributed by atoms with Crippen molar-refractivity contribution in [3.63, 3.8) is 0 Å². The Morgan fingerprint density at radius 2 is 2.29 bits per heavy atom. The fourth-order valence-electron chi connectivity index (χ4n) is 2.09. The lowest BCUT2D eigenvalue weighted by atomic mass is 9.90. The molecule has 1 atom stereocenters. The van der Waals surface area contributed by atoms with Crippen LogP contribution in [0, 0.1) is 0 Å². The van der Waals surface area contributed by atoms with E-state index in [0.717, 1.165) is 30.8 Å². The average molecular weight is 236 g/mol. The summed E-state index contributed by atoms with van der Waals surface area (Å²) in [5.74, 6) is -0.171. The molecule has 2 rings (SSSR count). The van der Waals surface area contributed by atoms with Crippen molar-refractivity contribution in [1.29, 1.82) is 0 Å². The summed E-state index contributed by atoms with van der Waals surface area (Å²) in [5.41, 5.74) is 0.335. The van der Waals surface area contributed by atoms with Gasteiger partial charge in [0.05, 0.1) is 18.6 Å². The molecule has 92 valence electrons. The van der Waals surface area contributed by atoms with Gasteiger partial charge in [0.25, 0.3) is 0 Å². The van der Waals surface area contributed by atoms with Crippen LogP contribution in [0.3, 0.4) is 0 Å². The van der Waals surface area contributed by atoms with Crippen molar-refractivity contribution in [3.05, 3.63) is 29.3 Å². The minimum atomic E-state index is -1.34. The summed E-state index contributed by atoms with van der Waals surface area (Å²) in [7, 11) is 0. The van der Waals surface area contributed by atoms with E-state index in [1.165, 1.54) is 6.92 Å². The highest BCUT2D eigenvalue weighted by atomic mass is 16.5. The maximum Gasteiger partial charge on any atom is 0.306 e. The van der Waals surface area contributed by atoms with E-state index < -0.39 is 11.6 Å². The van der Waals surface area contributed by atoms with E-state index in [9.17, 15) is 9.90 Å². The molecule has 0 bridgehead atoms. The molecule has 17 heavy (non-hydrogen) atoms. The number of carbonyl (C=O) groups is 1. The Morgan fingerprint density at radius 3 is 3.00 bits per heavy atom. The first kappa shape index (κ1) is 11.9. The summed E-state index contributed by atoms with van der Waals surface area (Å²) >= 11 is 0. The molecule has 1 aromatic rings. The van der Waals surface area contributed by atoms with Gasteiger partial charge in [0.15, 0.2) is 0 Å². The second-order valence-corrected chi connectivity index (χ2v) is 4.62. The molecule has 1 heterocycles. The third-order valence-corrected chi connectivity index (χ3v) is 3.03. The zero-order chi connectivity index (χ0) is 12.5. The number of aliphatic hydroxyl groups is 1. The minimum Gasteiger partial charge on any atom is -0.493 e. The Labute approximate surface area is 99.8 Å². The van der Waals surface area contributed by atoms with Crippen molar-refractivity contribution in [2.24, 2.45) is 0 Å². The second kappa shape index (κ2) is 4.37. The van der Waals surface area contributed by atoms with Gasteiger partial charge in [-0.25, -0.2) is 0 Å². The highest BCUT2D eigenvalue weighted by Gasteiger charge is 2.27. The fourth-order valence-corrected chi connectivity index (χ4v) is 2.09. The fraction of sp³-hybridized carbons (Fsp3) is 0.462. The van der Waals surface area contributed by atoms with Gasteiger partial charge in [-0.3, -0.25) is 4.79 Å². The molecule has 1 unspecified atom stereocenters. The summed E-state index contributed by atoms with van der Waals surface area (Å²) in [6, 6.07) is 5.38. The lowest BCUT2D eigenvalue weighted by Crippen LogP contribution is -2.25. The molecule has 1 aromatic carbocycles. The van der Waals surface area contributed by atoms with Crippen LogP contribution >= 0.6 is 0 Å². The zero-order valence-corrected chi connectivity index (χ0v) is 9.77. The Hall–Kier alpha value is -1.55. The lowest BCUT2D eigenvalue weighted by Gasteiger charge is -2.24. The van der Waals surface area contributed by atoms with Gasteiger partial charge < -0.3 is 14.9 Å². The van der Waals surface area contributed by atoms with Crippen molar-refractivity contribution in [2.45, 2.75) is 31.8 Å². The largest absolute Gasteiger partial charge is 0.493 e. The molecule has 0 fully saturated rings. The molecule has 4 heteroatoms. The molecule has 0 spiro atoms. The van der Waals surface area contributed by atoms with Gasteiger partial charge in [0, 0.05) is 0 Å². The van der Waals surface area contributed by atoms with E-state index in [-0.39, 0.29) is 6.42 Å². The number of benzene rings is 1. The highest BCUT2D eigenvalue weighted by Crippen LogP contribution is 2.31. The number of aryl methyl sites for hydroxylation is 1. The van der Waals surface area contributed by atoms with Crippen molar-refractivity contribution >= 4 is 5.97 Å². The first-order chi connectivity index (χ1) is 7.99. The van der Waals surface area contributed by atoms with Gasteiger partial charge in [-0.2, -0.15) is 0 Å². The molecule has 4 nitrogen and oxygen atoms in total. The number of aliphatic carboxylic acids is 1. The van der Waals surface area contributed by atoms with E-state index in [4.69, 9.17) is 9.84 Å². The average Bonchev–Trinajstić information content (AvgIpc) is 2.26. The van der Waals surface area contributed by atoms with Gasteiger partial charge in [-0.15, -0.1) is 0 Å². The number of hydrogen-bond acceptors (Lipinski definition) is 3. The van der Waals surface area contributed by atoms with E-state index in [1.807, 2.05) is 6.07 Å². The molecule has 0 aliphatic carbocycles. The van der Waals surface area contributed by atoms with Crippen LogP contribution < -0.4 is 4.74 Å². The van der Waals surface area contributed by atoms with Crippen LogP contribution in [0.5, 0.6) is 5.75 Å². The molecule has 1 aliphatic rings. The maximum absolute atomic E-state index is 10.7. The molecule has 0 aromatic heterocycles. The van der Waals surface area contributed by atoms with Gasteiger partial charge in [0.2, 0.25) is 0 Å². The molecule has 2 N–H and O–H groups in total. The lowest BCUT2D eigenvalue weighted by molar-refractivity contribution is -0.142. The monoisotopic (exact) mass is 236 g/mol. The van der Waals surface area contributed by atoms with Gasteiger partial charge in [0.1, 0.15) is 5.75 Å². The van der Waals surface area contributed by atoms with Crippen LogP contribution in [0.1, 0.15) is 30.9 Å². The van der Waals surface area contributed by atoms with Gasteiger partial charge >= 0.3 is 5.97 Å². The zero-order valence-electron chi connectivity index (χ0n) is 9.77. The molecular weight excluding hydrogens is 220 g/mol. The smallest absolute Gasteiger partial charge is 0.306 e. The van der Waals surface area contributed by atoms with Crippen molar-refractivity contribution in [3.8, 4) is 5.75 Å². The predicted octanol–water partition coefficient (Wildman–Crippen LogP) is 1.69. The summed E-state index contributed by atoms with van der Waals surface area (Å²) in [6.07, 6.45) is 1.57. The standard InChI is InChI=1S/C13H16O4/c1-13(16,8-12(14)15)10-4-5-11-9(7-10)3-2-6-17-11/h4-5,7,16H,2-3,6,8H2,1H3,(H,14,15). The van der Waals surface area contributed by atoms with Crippen LogP contribution in [0.2, 0.25) is 0 Å². The Morgan fingerprint density at radius 1 is 1.53 bits per heavy atom. The number of carboxylic acids is 1. The second-order valence-electron chi connectivity index (χ2n) is 4.62. The van der Waals surface area contributed by atoms with E-state index in [0.29, 0.717) is 5.56 Å². The summed E-state index contributed by atoms with van der Waals surface area (Å²) < 4.78 is 5.47. The summed E-state index contributed by atoms with van der Waals surface area (Å²) in [4.78, 5) is 10.7. The molecular formula is C13H16O4. The molecule has 0 saturated carbocycles. The predicted molar refractivity (Wildman–Crippen MR) is 62.1 cm³/mol. The van der Waals surface area contributed by atoms with E-state index >= 15 is 0 Å². The SMILES string of the molecule is CC(O)(CC(=O)O)c1ccc2c(c1)CCCO2. The third kappa shape index (κ3) is 2.58. The van der Waals surface area contributed by atoms with Crippen molar-refractivity contribution in [1.82, 2.24) is 0 Å². The Bertz CT molecular complexity index is 437. The van der Waals surface area contributed by atoms with E-state index in [1.54, 1.807) is 12.1 Å². The number of hydrogen-bond donors (Lipinski definition) is 2. The topological polar surface area (TPSA) is 66.8 Å². The number of carboxylic acid groups (broad SMARTS) is 1. The van der Waals surface area contributed by atoms with Crippen molar-refractivity contribution in [2.75, 3.05) is 6.61 Å². The van der Waals surface area contributed by atoms with Gasteiger partial charge in [-0.05, 0) is 43.0 Å². The maximum atomic E-state index is 10.7. The quantitative estimate of drug-likeness (QED) is 0.838. The van der Waals surface area contributed by atoms with Crippen LogP contribution in [0.15, 0.2) is 18.2 Å². The summed E-state index contributed by atoms with van der Waals surface area (Å²) in [6.45, 7) is 2.24. The Kier molecular flexibility index (Phi) is 3.07. The summed E-state index contributed by atoms with van der Waals surface area (Å²) in [5, 5.41) is 18.9. The van der Waals surface area contributed by atoms with Gasteiger partial charge in [-0.1, -0.05) is 6.07 Å². The number of rotatable bonds is 3. The molecule has 1 aliphatic heterocycles. The van der Waals surface area contributed by atoms with Crippen LogP contribution in [0.4, 0.5) is 0 Å².